The molecule has 2 heterocycles. The van der Waals surface area contributed by atoms with E-state index in [0.717, 1.165) is 58.7 Å². The van der Waals surface area contributed by atoms with Crippen molar-refractivity contribution in [3.63, 3.8) is 0 Å². The van der Waals surface area contributed by atoms with E-state index in [4.69, 9.17) is 9.47 Å². The zero-order valence-electron chi connectivity index (χ0n) is 12.3. The lowest BCUT2D eigenvalue weighted by Crippen LogP contribution is -2.28. The molecule has 3 rings (SSSR count). The molecule has 1 N–H and O–H groups in total. The molecule has 0 amide bonds. The number of ether oxygens (including phenoxy) is 2. The lowest BCUT2D eigenvalue weighted by Gasteiger charge is -2.25. The Kier molecular flexibility index (Phi) is 4.93. The van der Waals surface area contributed by atoms with Crippen LogP contribution in [-0.4, -0.2) is 45.5 Å². The highest BCUT2D eigenvalue weighted by Crippen LogP contribution is 2.26. The number of nitrogens with zero attached hydrogens (tertiary/aromatic N) is 1. The second-order valence-corrected chi connectivity index (χ2v) is 5.63. The smallest absolute Gasteiger partial charge is 0.150 e. The van der Waals surface area contributed by atoms with E-state index in [9.17, 15) is 4.39 Å². The normalized spacial score (nSPS) is 21.1. The molecule has 116 valence electrons. The van der Waals surface area contributed by atoms with E-state index < -0.39 is 0 Å². The molecular formula is C16H23FN2O2. The van der Waals surface area contributed by atoms with E-state index in [1.807, 2.05) is 12.1 Å². The van der Waals surface area contributed by atoms with Gasteiger partial charge in [0.1, 0.15) is 17.7 Å². The van der Waals surface area contributed by atoms with Gasteiger partial charge in [-0.1, -0.05) is 0 Å². The van der Waals surface area contributed by atoms with Gasteiger partial charge in [-0.15, -0.1) is 0 Å². The first-order valence-electron chi connectivity index (χ1n) is 7.82. The average molecular weight is 294 g/mol. The quantitative estimate of drug-likeness (QED) is 0.926. The van der Waals surface area contributed by atoms with Crippen molar-refractivity contribution in [2.75, 3.05) is 44.3 Å². The predicted molar refractivity (Wildman–Crippen MR) is 80.6 cm³/mol. The van der Waals surface area contributed by atoms with Gasteiger partial charge in [0.2, 0.25) is 0 Å². The minimum Gasteiger partial charge on any atom is -0.490 e. The van der Waals surface area contributed by atoms with Crippen molar-refractivity contribution in [1.29, 1.82) is 0 Å². The van der Waals surface area contributed by atoms with E-state index >= 15 is 0 Å². The summed E-state index contributed by atoms with van der Waals surface area (Å²) in [6.07, 6.45) is 2.94. The molecule has 2 aliphatic rings. The Morgan fingerprint density at radius 2 is 2.05 bits per heavy atom. The van der Waals surface area contributed by atoms with Crippen molar-refractivity contribution >= 4 is 5.69 Å². The van der Waals surface area contributed by atoms with E-state index in [0.29, 0.717) is 11.4 Å². The van der Waals surface area contributed by atoms with Crippen LogP contribution in [0.5, 0.6) is 5.75 Å². The van der Waals surface area contributed by atoms with Crippen molar-refractivity contribution in [2.45, 2.75) is 25.4 Å². The van der Waals surface area contributed by atoms with Crippen molar-refractivity contribution in [1.82, 2.24) is 5.32 Å². The van der Waals surface area contributed by atoms with Gasteiger partial charge in [-0.25, -0.2) is 4.39 Å². The SMILES string of the molecule is Fc1cc(OC2CCOCC2)ccc1N1CCCNCC1. The van der Waals surface area contributed by atoms with Gasteiger partial charge in [0, 0.05) is 38.5 Å². The van der Waals surface area contributed by atoms with Crippen LogP contribution in [0.4, 0.5) is 10.1 Å². The summed E-state index contributed by atoms with van der Waals surface area (Å²) in [4.78, 5) is 2.10. The average Bonchev–Trinajstić information content (AvgIpc) is 2.77. The summed E-state index contributed by atoms with van der Waals surface area (Å²) in [6, 6.07) is 5.24. The summed E-state index contributed by atoms with van der Waals surface area (Å²) in [5.41, 5.74) is 0.679. The molecule has 5 heteroatoms. The van der Waals surface area contributed by atoms with Gasteiger partial charge >= 0.3 is 0 Å². The Bertz CT molecular complexity index is 456. The Hall–Kier alpha value is -1.33. The summed E-state index contributed by atoms with van der Waals surface area (Å²) in [7, 11) is 0. The molecule has 4 nitrogen and oxygen atoms in total. The van der Waals surface area contributed by atoms with Crippen LogP contribution >= 0.6 is 0 Å². The summed E-state index contributed by atoms with van der Waals surface area (Å²) in [5.74, 6) is 0.428. The Morgan fingerprint density at radius 3 is 2.86 bits per heavy atom. The van der Waals surface area contributed by atoms with Crippen molar-refractivity contribution in [2.24, 2.45) is 0 Å². The highest BCUT2D eigenvalue weighted by atomic mass is 19.1. The molecule has 0 atom stereocenters. The second-order valence-electron chi connectivity index (χ2n) is 5.63. The fourth-order valence-electron chi connectivity index (χ4n) is 2.89. The van der Waals surface area contributed by atoms with Crippen LogP contribution in [0, 0.1) is 5.82 Å². The fourth-order valence-corrected chi connectivity index (χ4v) is 2.89. The van der Waals surface area contributed by atoms with Gasteiger partial charge in [0.15, 0.2) is 0 Å². The van der Waals surface area contributed by atoms with Gasteiger partial charge in [-0.05, 0) is 25.1 Å². The van der Waals surface area contributed by atoms with Crippen LogP contribution < -0.4 is 15.0 Å². The zero-order chi connectivity index (χ0) is 14.5. The Balaban J connectivity index is 1.66. The highest BCUT2D eigenvalue weighted by molar-refractivity contribution is 5.50. The molecule has 0 spiro atoms. The molecule has 0 aromatic heterocycles. The maximum Gasteiger partial charge on any atom is 0.150 e. The third-order valence-corrected chi connectivity index (χ3v) is 4.07. The molecule has 2 aliphatic heterocycles. The molecule has 2 saturated heterocycles. The number of benzene rings is 1. The third-order valence-electron chi connectivity index (χ3n) is 4.07. The van der Waals surface area contributed by atoms with Gasteiger partial charge in [0.25, 0.3) is 0 Å². The summed E-state index contributed by atoms with van der Waals surface area (Å²) < 4.78 is 25.5. The number of rotatable bonds is 3. The van der Waals surface area contributed by atoms with Gasteiger partial charge < -0.3 is 19.7 Å². The first-order chi connectivity index (χ1) is 10.3. The number of hydrogen-bond acceptors (Lipinski definition) is 4. The topological polar surface area (TPSA) is 33.7 Å². The Labute approximate surface area is 125 Å². The van der Waals surface area contributed by atoms with Crippen LogP contribution in [0.1, 0.15) is 19.3 Å². The molecule has 0 aliphatic carbocycles. The van der Waals surface area contributed by atoms with Gasteiger partial charge in [-0.3, -0.25) is 0 Å². The van der Waals surface area contributed by atoms with Crippen LogP contribution in [0.2, 0.25) is 0 Å². The van der Waals surface area contributed by atoms with Crippen molar-refractivity contribution in [3.05, 3.63) is 24.0 Å². The van der Waals surface area contributed by atoms with Gasteiger partial charge in [0.05, 0.1) is 18.9 Å². The summed E-state index contributed by atoms with van der Waals surface area (Å²) in [6.45, 7) is 5.10. The maximum atomic E-state index is 14.4. The number of anilines is 1. The van der Waals surface area contributed by atoms with Crippen molar-refractivity contribution in [3.8, 4) is 5.75 Å². The zero-order valence-corrected chi connectivity index (χ0v) is 12.3. The van der Waals surface area contributed by atoms with E-state index in [-0.39, 0.29) is 11.9 Å². The molecule has 0 unspecified atom stereocenters. The predicted octanol–water partition coefficient (Wildman–Crippen LogP) is 2.18. The maximum absolute atomic E-state index is 14.4. The van der Waals surface area contributed by atoms with Crippen LogP contribution in [0.25, 0.3) is 0 Å². The first-order valence-corrected chi connectivity index (χ1v) is 7.82. The van der Waals surface area contributed by atoms with Gasteiger partial charge in [-0.2, -0.15) is 0 Å². The monoisotopic (exact) mass is 294 g/mol. The summed E-state index contributed by atoms with van der Waals surface area (Å²) in [5, 5.41) is 3.33. The molecule has 0 bridgehead atoms. The lowest BCUT2D eigenvalue weighted by molar-refractivity contribution is 0.0255. The molecule has 1 aromatic rings. The largest absolute Gasteiger partial charge is 0.490 e. The first kappa shape index (κ1) is 14.6. The highest BCUT2D eigenvalue weighted by Gasteiger charge is 2.18. The lowest BCUT2D eigenvalue weighted by atomic mass is 10.1. The van der Waals surface area contributed by atoms with E-state index in [1.54, 1.807) is 0 Å². The van der Waals surface area contributed by atoms with Crippen LogP contribution in [0.15, 0.2) is 18.2 Å². The van der Waals surface area contributed by atoms with Crippen LogP contribution in [-0.2, 0) is 4.74 Å². The van der Waals surface area contributed by atoms with E-state index in [1.165, 1.54) is 6.07 Å². The molecule has 21 heavy (non-hydrogen) atoms. The minimum absolute atomic E-state index is 0.145. The standard InChI is InChI=1S/C16H23FN2O2/c17-15-12-14(21-13-4-10-20-11-5-13)2-3-16(15)19-8-1-6-18-7-9-19/h2-3,12-13,18H,1,4-11H2. The van der Waals surface area contributed by atoms with Crippen molar-refractivity contribution < 1.29 is 13.9 Å². The molecule has 0 radical (unpaired) electrons. The number of halogens is 1. The molecule has 2 fully saturated rings. The van der Waals surface area contributed by atoms with E-state index in [2.05, 4.69) is 10.2 Å². The number of nitrogens with one attached hydrogen (secondary N) is 1. The third kappa shape index (κ3) is 3.86. The number of hydrogen-bond donors (Lipinski definition) is 1. The summed E-state index contributed by atoms with van der Waals surface area (Å²) >= 11 is 0. The molecular weight excluding hydrogens is 271 g/mol. The fraction of sp³-hybridized carbons (Fsp3) is 0.625. The second kappa shape index (κ2) is 7.09. The molecule has 1 aromatic carbocycles. The minimum atomic E-state index is -0.193. The van der Waals surface area contributed by atoms with Crippen LogP contribution in [0.3, 0.4) is 0 Å². The molecule has 0 saturated carbocycles. The Morgan fingerprint density at radius 1 is 1.19 bits per heavy atom.